The smallest absolute Gasteiger partial charge is 0.410 e. The highest BCUT2D eigenvalue weighted by Crippen LogP contribution is 2.46. The zero-order valence-electron chi connectivity index (χ0n) is 29.0. The lowest BCUT2D eigenvalue weighted by molar-refractivity contribution is -0.141. The SMILES string of the molecule is O=C1N[C@]2(C(=O)NS(=O)(=O)C3CC3)C[C@H]2C=CCCCCC[C@H](NCc2ccc(F)c(F)c2)C(=O)N2C[C@H](OC(=O)N3Cc4cccc(F)c4C3)C[C@@H]12. The van der Waals surface area contributed by atoms with Gasteiger partial charge >= 0.3 is 6.09 Å². The second-order valence-corrected chi connectivity index (χ2v) is 16.6. The summed E-state index contributed by atoms with van der Waals surface area (Å²) < 4.78 is 75.6. The van der Waals surface area contributed by atoms with Crippen LogP contribution in [0.4, 0.5) is 18.0 Å². The molecule has 0 radical (unpaired) electrons. The van der Waals surface area contributed by atoms with E-state index in [4.69, 9.17) is 4.74 Å². The second-order valence-electron chi connectivity index (χ2n) is 14.7. The van der Waals surface area contributed by atoms with Crippen molar-refractivity contribution >= 4 is 33.8 Å². The number of nitrogens with one attached hydrogen (secondary N) is 3. The van der Waals surface area contributed by atoms with Crippen LogP contribution in [-0.2, 0) is 48.8 Å². The Kier molecular flexibility index (Phi) is 10.3. The normalized spacial score (nSPS) is 27.5. The molecule has 0 aromatic heterocycles. The minimum atomic E-state index is -3.93. The number of rotatable bonds is 7. The van der Waals surface area contributed by atoms with Gasteiger partial charge in [-0.15, -0.1) is 0 Å². The van der Waals surface area contributed by atoms with E-state index in [2.05, 4.69) is 15.4 Å². The molecule has 53 heavy (non-hydrogen) atoms. The molecular weight excluding hydrogens is 715 g/mol. The van der Waals surface area contributed by atoms with E-state index in [0.717, 1.165) is 25.0 Å². The van der Waals surface area contributed by atoms with Crippen molar-refractivity contribution in [1.29, 1.82) is 0 Å². The summed E-state index contributed by atoms with van der Waals surface area (Å²) in [7, 11) is -3.93. The predicted molar refractivity (Wildman–Crippen MR) is 184 cm³/mol. The molecule has 12 nitrogen and oxygen atoms in total. The lowest BCUT2D eigenvalue weighted by atomic mass is 10.0. The van der Waals surface area contributed by atoms with Crippen LogP contribution in [0.1, 0.15) is 74.5 Å². The summed E-state index contributed by atoms with van der Waals surface area (Å²) in [5, 5.41) is 5.27. The van der Waals surface area contributed by atoms with Gasteiger partial charge in [-0.25, -0.2) is 26.4 Å². The first-order valence-corrected chi connectivity index (χ1v) is 19.6. The first-order chi connectivity index (χ1) is 25.3. The van der Waals surface area contributed by atoms with Crippen molar-refractivity contribution < 1.29 is 45.5 Å². The maximum atomic E-state index is 14.4. The number of nitrogens with zero attached hydrogens (tertiary/aromatic N) is 2. The van der Waals surface area contributed by atoms with Crippen LogP contribution in [0.5, 0.6) is 0 Å². The third-order valence-electron chi connectivity index (χ3n) is 10.8. The van der Waals surface area contributed by atoms with Gasteiger partial charge in [0.2, 0.25) is 21.8 Å². The standard InChI is InChI=1S/C37H42F3N5O7S/c38-28-9-6-7-23-19-44(21-27(23)28)36(49)52-25-16-32-33(46)42-37(35(48)43-53(50,51)26-12-13-26)17-24(37)8-4-2-1-3-5-10-31(34(47)45(32)20-25)41-18-22-11-14-29(39)30(40)15-22/h4,6-9,11,14-15,24-26,31-32,41H,1-3,5,10,12-13,16-21H2,(H,42,46)(H,43,48)/t24-,25-,31+,32+,37-/m1/s1. The van der Waals surface area contributed by atoms with Gasteiger partial charge in [-0.05, 0) is 67.9 Å². The van der Waals surface area contributed by atoms with Gasteiger partial charge in [0.1, 0.15) is 23.5 Å². The van der Waals surface area contributed by atoms with E-state index >= 15 is 0 Å². The third kappa shape index (κ3) is 7.93. The fourth-order valence-electron chi connectivity index (χ4n) is 7.52. The van der Waals surface area contributed by atoms with Gasteiger partial charge in [0.25, 0.3) is 5.91 Å². The molecule has 2 aromatic carbocycles. The largest absolute Gasteiger partial charge is 0.444 e. The van der Waals surface area contributed by atoms with Crippen LogP contribution in [0, 0.1) is 23.4 Å². The van der Waals surface area contributed by atoms with Crippen molar-refractivity contribution in [1.82, 2.24) is 25.2 Å². The van der Waals surface area contributed by atoms with E-state index in [1.807, 2.05) is 12.2 Å². The molecule has 7 rings (SSSR count). The van der Waals surface area contributed by atoms with Gasteiger partial charge in [-0.2, -0.15) is 0 Å². The Bertz CT molecular complexity index is 1940. The number of hydrogen-bond donors (Lipinski definition) is 3. The molecule has 16 heteroatoms. The molecule has 284 valence electrons. The Labute approximate surface area is 305 Å². The molecule has 5 aliphatic rings. The van der Waals surface area contributed by atoms with Crippen LogP contribution in [0.3, 0.4) is 0 Å². The Morgan fingerprint density at radius 2 is 1.79 bits per heavy atom. The van der Waals surface area contributed by atoms with E-state index in [1.54, 1.807) is 12.1 Å². The van der Waals surface area contributed by atoms with Gasteiger partial charge < -0.3 is 20.3 Å². The molecule has 5 atom stereocenters. The fraction of sp³-hybridized carbons (Fsp3) is 0.514. The number of sulfonamides is 1. The lowest BCUT2D eigenvalue weighted by Crippen LogP contribution is -2.58. The maximum Gasteiger partial charge on any atom is 0.410 e. The number of ether oxygens (including phenoxy) is 1. The van der Waals surface area contributed by atoms with Crippen LogP contribution in [-0.4, -0.2) is 77.6 Å². The molecule has 3 N–H and O–H groups in total. The minimum absolute atomic E-state index is 0.00754. The molecule has 0 spiro atoms. The summed E-state index contributed by atoms with van der Waals surface area (Å²) >= 11 is 0. The Morgan fingerprint density at radius 1 is 0.981 bits per heavy atom. The van der Waals surface area contributed by atoms with Gasteiger partial charge in [-0.3, -0.25) is 24.0 Å². The van der Waals surface area contributed by atoms with Gasteiger partial charge in [-0.1, -0.05) is 43.2 Å². The van der Waals surface area contributed by atoms with Gasteiger partial charge in [0.05, 0.1) is 24.4 Å². The topological polar surface area (TPSA) is 154 Å². The van der Waals surface area contributed by atoms with Crippen LogP contribution < -0.4 is 15.4 Å². The number of allylic oxidation sites excluding steroid dienone is 1. The molecular formula is C37H42F3N5O7S. The minimum Gasteiger partial charge on any atom is -0.444 e. The summed E-state index contributed by atoms with van der Waals surface area (Å²) in [5.74, 6) is -5.00. The fourth-order valence-corrected chi connectivity index (χ4v) is 8.88. The van der Waals surface area contributed by atoms with E-state index in [1.165, 1.54) is 21.9 Å². The number of fused-ring (bicyclic) bond motifs is 3. The highest BCUT2D eigenvalue weighted by Gasteiger charge is 2.62. The van der Waals surface area contributed by atoms with Crippen molar-refractivity contribution in [3.63, 3.8) is 0 Å². The van der Waals surface area contributed by atoms with Crippen molar-refractivity contribution in [2.24, 2.45) is 5.92 Å². The first-order valence-electron chi connectivity index (χ1n) is 18.1. The van der Waals surface area contributed by atoms with E-state index in [0.29, 0.717) is 48.8 Å². The number of benzene rings is 2. The van der Waals surface area contributed by atoms with E-state index in [-0.39, 0.29) is 39.0 Å². The number of amides is 4. The van der Waals surface area contributed by atoms with Crippen molar-refractivity contribution in [2.75, 3.05) is 6.54 Å². The maximum absolute atomic E-state index is 14.4. The Morgan fingerprint density at radius 3 is 2.55 bits per heavy atom. The highest BCUT2D eigenvalue weighted by atomic mass is 32.2. The summed E-state index contributed by atoms with van der Waals surface area (Å²) in [6.45, 7) is -0.0321. The van der Waals surface area contributed by atoms with Crippen LogP contribution in [0.15, 0.2) is 48.6 Å². The molecule has 4 amide bonds. The van der Waals surface area contributed by atoms with Crippen molar-refractivity contribution in [2.45, 2.75) is 106 Å². The average Bonchev–Trinajstić information content (AvgIpc) is 4.00. The van der Waals surface area contributed by atoms with E-state index in [9.17, 15) is 40.8 Å². The van der Waals surface area contributed by atoms with Crippen LogP contribution >= 0.6 is 0 Å². The molecule has 0 bridgehead atoms. The molecule has 3 fully saturated rings. The number of carbonyl (C=O) groups is 4. The third-order valence-corrected chi connectivity index (χ3v) is 12.7. The van der Waals surface area contributed by atoms with E-state index < -0.39 is 86.2 Å². The van der Waals surface area contributed by atoms with Crippen molar-refractivity contribution in [3.05, 3.63) is 82.7 Å². The molecule has 0 unspecified atom stereocenters. The monoisotopic (exact) mass is 757 g/mol. The number of carbonyl (C=O) groups excluding carboxylic acids is 4. The molecule has 2 aliphatic carbocycles. The number of halogens is 3. The number of hydrogen-bond acceptors (Lipinski definition) is 8. The molecule has 2 saturated carbocycles. The summed E-state index contributed by atoms with van der Waals surface area (Å²) in [4.78, 5) is 58.2. The van der Waals surface area contributed by atoms with Crippen LogP contribution in [0.25, 0.3) is 0 Å². The molecule has 3 heterocycles. The quantitative estimate of drug-likeness (QED) is 0.362. The lowest BCUT2D eigenvalue weighted by Gasteiger charge is -2.30. The van der Waals surface area contributed by atoms with Crippen LogP contribution in [0.2, 0.25) is 0 Å². The summed E-state index contributed by atoms with van der Waals surface area (Å²) in [6.07, 6.45) is 6.10. The summed E-state index contributed by atoms with van der Waals surface area (Å²) in [6, 6.07) is 5.96. The average molecular weight is 758 g/mol. The zero-order valence-corrected chi connectivity index (χ0v) is 29.8. The Balaban J connectivity index is 1.13. The zero-order chi connectivity index (χ0) is 37.5. The molecule has 3 aliphatic heterocycles. The summed E-state index contributed by atoms with van der Waals surface area (Å²) in [5.41, 5.74) is -0.133. The van der Waals surface area contributed by atoms with Gasteiger partial charge in [0.15, 0.2) is 11.6 Å². The van der Waals surface area contributed by atoms with Crippen molar-refractivity contribution in [3.8, 4) is 0 Å². The molecule has 2 aromatic rings. The van der Waals surface area contributed by atoms with Gasteiger partial charge in [0, 0.05) is 31.0 Å². The predicted octanol–water partition coefficient (Wildman–Crippen LogP) is 3.69. The molecule has 1 saturated heterocycles. The second kappa shape index (κ2) is 14.8. The Hall–Kier alpha value is -4.44. The highest BCUT2D eigenvalue weighted by molar-refractivity contribution is 7.91. The first kappa shape index (κ1) is 36.9.